The number of anilines is 1. The summed E-state index contributed by atoms with van der Waals surface area (Å²) in [5.74, 6) is 1.70. The molecule has 1 aromatic heterocycles. The summed E-state index contributed by atoms with van der Waals surface area (Å²) < 4.78 is 1.11. The lowest BCUT2D eigenvalue weighted by Crippen LogP contribution is -2.21. The number of hydrogen-bond donors (Lipinski definition) is 1. The fourth-order valence-electron chi connectivity index (χ4n) is 2.88. The van der Waals surface area contributed by atoms with Gasteiger partial charge in [0.2, 0.25) is 0 Å². The fraction of sp³-hybridized carbons (Fsp3) is 0.438. The van der Waals surface area contributed by atoms with Crippen molar-refractivity contribution in [3.05, 3.63) is 34.9 Å². The van der Waals surface area contributed by atoms with Crippen molar-refractivity contribution < 1.29 is 0 Å². The largest absolute Gasteiger partial charge is 0.369 e. The van der Waals surface area contributed by atoms with Crippen molar-refractivity contribution in [1.29, 1.82) is 0 Å². The van der Waals surface area contributed by atoms with E-state index in [0.29, 0.717) is 11.3 Å². The van der Waals surface area contributed by atoms with E-state index < -0.39 is 0 Å². The molecule has 0 aliphatic heterocycles. The Hall–Kier alpha value is -0.800. The highest BCUT2D eigenvalue weighted by Gasteiger charge is 2.19. The summed E-state index contributed by atoms with van der Waals surface area (Å²) in [5.41, 5.74) is 0. The van der Waals surface area contributed by atoms with E-state index in [4.69, 9.17) is 11.6 Å². The standard InChI is InChI=1S/C16H18BrClN2/c17-15-3-1-2-14-13(15)8-9-19-16(14)20-10-11-4-6-12(18)7-5-11/h1-3,8-9,11-12H,4-7,10H2,(H,19,20). The van der Waals surface area contributed by atoms with Gasteiger partial charge in [-0.1, -0.05) is 28.1 Å². The van der Waals surface area contributed by atoms with Gasteiger partial charge in [0.1, 0.15) is 5.82 Å². The fourth-order valence-corrected chi connectivity index (χ4v) is 3.63. The molecule has 1 aliphatic carbocycles. The van der Waals surface area contributed by atoms with Gasteiger partial charge < -0.3 is 5.32 Å². The van der Waals surface area contributed by atoms with E-state index in [2.05, 4.69) is 44.4 Å². The normalized spacial score (nSPS) is 22.9. The average molecular weight is 354 g/mol. The summed E-state index contributed by atoms with van der Waals surface area (Å²) in [7, 11) is 0. The SMILES string of the molecule is ClC1CCC(CNc2nccc3c(Br)cccc23)CC1. The molecule has 0 radical (unpaired) electrons. The minimum Gasteiger partial charge on any atom is -0.369 e. The van der Waals surface area contributed by atoms with E-state index in [-0.39, 0.29) is 0 Å². The molecule has 0 saturated heterocycles. The second kappa shape index (κ2) is 6.31. The number of rotatable bonds is 3. The van der Waals surface area contributed by atoms with Crippen LogP contribution < -0.4 is 5.32 Å². The predicted molar refractivity (Wildman–Crippen MR) is 89.5 cm³/mol. The van der Waals surface area contributed by atoms with Crippen LogP contribution in [0.25, 0.3) is 10.8 Å². The Bertz CT molecular complexity index is 594. The number of nitrogens with one attached hydrogen (secondary N) is 1. The second-order valence-corrected chi connectivity index (χ2v) is 6.96. The van der Waals surface area contributed by atoms with Gasteiger partial charge in [-0.3, -0.25) is 0 Å². The molecule has 1 aliphatic rings. The highest BCUT2D eigenvalue weighted by atomic mass is 79.9. The van der Waals surface area contributed by atoms with E-state index in [1.54, 1.807) is 0 Å². The number of pyridine rings is 1. The van der Waals surface area contributed by atoms with Crippen LogP contribution >= 0.6 is 27.5 Å². The van der Waals surface area contributed by atoms with E-state index >= 15 is 0 Å². The number of hydrogen-bond acceptors (Lipinski definition) is 2. The Labute approximate surface area is 133 Å². The first-order valence-electron chi connectivity index (χ1n) is 7.15. The molecule has 106 valence electrons. The van der Waals surface area contributed by atoms with E-state index in [0.717, 1.165) is 29.7 Å². The molecular formula is C16H18BrClN2. The first-order valence-corrected chi connectivity index (χ1v) is 8.38. The summed E-state index contributed by atoms with van der Waals surface area (Å²) in [6.07, 6.45) is 6.58. The van der Waals surface area contributed by atoms with Crippen LogP contribution in [0.3, 0.4) is 0 Å². The Kier molecular flexibility index (Phi) is 4.47. The van der Waals surface area contributed by atoms with Crippen LogP contribution in [-0.2, 0) is 0 Å². The number of nitrogens with zero attached hydrogens (tertiary/aromatic N) is 1. The van der Waals surface area contributed by atoms with E-state index in [9.17, 15) is 0 Å². The summed E-state index contributed by atoms with van der Waals surface area (Å²) in [4.78, 5) is 4.49. The number of benzene rings is 1. The van der Waals surface area contributed by atoms with Crippen molar-refractivity contribution in [1.82, 2.24) is 4.98 Å². The summed E-state index contributed by atoms with van der Waals surface area (Å²) in [6, 6.07) is 8.28. The lowest BCUT2D eigenvalue weighted by atomic mass is 9.89. The molecule has 2 aromatic rings. The van der Waals surface area contributed by atoms with Crippen molar-refractivity contribution in [3.8, 4) is 0 Å². The lowest BCUT2D eigenvalue weighted by Gasteiger charge is -2.25. The Morgan fingerprint density at radius 3 is 2.75 bits per heavy atom. The van der Waals surface area contributed by atoms with E-state index in [1.165, 1.54) is 23.6 Å². The van der Waals surface area contributed by atoms with Gasteiger partial charge in [0.05, 0.1) is 0 Å². The Morgan fingerprint density at radius 1 is 1.15 bits per heavy atom. The van der Waals surface area contributed by atoms with Crippen LogP contribution in [0.5, 0.6) is 0 Å². The maximum atomic E-state index is 6.16. The maximum absolute atomic E-state index is 6.16. The number of aromatic nitrogens is 1. The van der Waals surface area contributed by atoms with Crippen molar-refractivity contribution in [3.63, 3.8) is 0 Å². The third kappa shape index (κ3) is 3.09. The average Bonchev–Trinajstić information content (AvgIpc) is 2.47. The van der Waals surface area contributed by atoms with Crippen LogP contribution in [0.1, 0.15) is 25.7 Å². The number of halogens is 2. The van der Waals surface area contributed by atoms with E-state index in [1.807, 2.05) is 12.3 Å². The topological polar surface area (TPSA) is 24.9 Å². The van der Waals surface area contributed by atoms with Gasteiger partial charge in [0, 0.05) is 33.4 Å². The molecule has 0 bridgehead atoms. The zero-order chi connectivity index (χ0) is 13.9. The van der Waals surface area contributed by atoms with Gasteiger partial charge in [-0.2, -0.15) is 0 Å². The molecule has 20 heavy (non-hydrogen) atoms. The van der Waals surface area contributed by atoms with Gasteiger partial charge in [0.25, 0.3) is 0 Å². The van der Waals surface area contributed by atoms with Crippen LogP contribution in [0.4, 0.5) is 5.82 Å². The predicted octanol–water partition coefficient (Wildman–Crippen LogP) is 5.21. The molecule has 1 saturated carbocycles. The lowest BCUT2D eigenvalue weighted by molar-refractivity contribution is 0.378. The monoisotopic (exact) mass is 352 g/mol. The smallest absolute Gasteiger partial charge is 0.133 e. The third-order valence-electron chi connectivity index (χ3n) is 4.09. The van der Waals surface area contributed by atoms with Crippen LogP contribution in [0.15, 0.2) is 34.9 Å². The molecule has 1 heterocycles. The maximum Gasteiger partial charge on any atom is 0.133 e. The molecule has 0 atom stereocenters. The highest BCUT2D eigenvalue weighted by Crippen LogP contribution is 2.30. The van der Waals surface area contributed by atoms with Gasteiger partial charge in [0.15, 0.2) is 0 Å². The quantitative estimate of drug-likeness (QED) is 0.766. The summed E-state index contributed by atoms with van der Waals surface area (Å²) in [6.45, 7) is 0.988. The summed E-state index contributed by atoms with van der Waals surface area (Å²) in [5, 5.41) is 6.29. The van der Waals surface area contributed by atoms with Gasteiger partial charge >= 0.3 is 0 Å². The molecule has 4 heteroatoms. The molecule has 2 nitrogen and oxygen atoms in total. The van der Waals surface area contributed by atoms with Gasteiger partial charge in [-0.15, -0.1) is 11.6 Å². The van der Waals surface area contributed by atoms with Crippen LogP contribution in [-0.4, -0.2) is 16.9 Å². The molecular weight excluding hydrogens is 336 g/mol. The van der Waals surface area contributed by atoms with Gasteiger partial charge in [-0.05, 0) is 43.7 Å². The van der Waals surface area contributed by atoms with Crippen molar-refractivity contribution in [2.45, 2.75) is 31.1 Å². The minimum atomic E-state index is 0.387. The van der Waals surface area contributed by atoms with Crippen molar-refractivity contribution in [2.24, 2.45) is 5.92 Å². The third-order valence-corrected chi connectivity index (χ3v) is 5.22. The molecule has 3 rings (SSSR count). The molecule has 0 amide bonds. The number of fused-ring (bicyclic) bond motifs is 1. The highest BCUT2D eigenvalue weighted by molar-refractivity contribution is 9.10. The zero-order valence-electron chi connectivity index (χ0n) is 11.3. The Balaban J connectivity index is 1.73. The minimum absolute atomic E-state index is 0.387. The Morgan fingerprint density at radius 2 is 1.95 bits per heavy atom. The molecule has 1 fully saturated rings. The first-order chi connectivity index (χ1) is 9.74. The van der Waals surface area contributed by atoms with Crippen LogP contribution in [0, 0.1) is 5.92 Å². The van der Waals surface area contributed by atoms with Gasteiger partial charge in [-0.25, -0.2) is 4.98 Å². The molecule has 1 aromatic carbocycles. The second-order valence-electron chi connectivity index (χ2n) is 5.49. The summed E-state index contributed by atoms with van der Waals surface area (Å²) >= 11 is 9.75. The first kappa shape index (κ1) is 14.2. The molecule has 0 spiro atoms. The molecule has 1 N–H and O–H groups in total. The molecule has 0 unspecified atom stereocenters. The van der Waals surface area contributed by atoms with Crippen molar-refractivity contribution >= 4 is 44.1 Å². The van der Waals surface area contributed by atoms with Crippen LogP contribution in [0.2, 0.25) is 0 Å². The zero-order valence-corrected chi connectivity index (χ0v) is 13.6. The number of alkyl halides is 1. The van der Waals surface area contributed by atoms with Crippen molar-refractivity contribution in [2.75, 3.05) is 11.9 Å².